The predicted molar refractivity (Wildman–Crippen MR) is 94.4 cm³/mol. The highest BCUT2D eigenvalue weighted by Gasteiger charge is 2.32. The summed E-state index contributed by atoms with van der Waals surface area (Å²) in [5, 5.41) is 10.3. The molecule has 1 aliphatic heterocycles. The SMILES string of the molecule is CON=Cc1cnn(-c2ccc(N3CC(CNC(C)=O)OC3=O)cc2F)c1. The van der Waals surface area contributed by atoms with Crippen molar-refractivity contribution in [3.63, 3.8) is 0 Å². The number of amides is 2. The van der Waals surface area contributed by atoms with Crippen LogP contribution in [0.3, 0.4) is 0 Å². The number of nitrogens with one attached hydrogen (secondary N) is 1. The molecule has 1 fully saturated rings. The highest BCUT2D eigenvalue weighted by atomic mass is 19.1. The number of hydrogen-bond donors (Lipinski definition) is 1. The molecule has 2 heterocycles. The van der Waals surface area contributed by atoms with Crippen molar-refractivity contribution >= 4 is 23.9 Å². The van der Waals surface area contributed by atoms with E-state index in [0.29, 0.717) is 11.3 Å². The number of benzene rings is 1. The van der Waals surface area contributed by atoms with Crippen molar-refractivity contribution < 1.29 is 23.6 Å². The van der Waals surface area contributed by atoms with Gasteiger partial charge in [-0.15, -0.1) is 0 Å². The van der Waals surface area contributed by atoms with E-state index in [-0.39, 0.29) is 24.7 Å². The number of aromatic nitrogens is 2. The van der Waals surface area contributed by atoms with Gasteiger partial charge in [-0.05, 0) is 18.2 Å². The average molecular weight is 375 g/mol. The van der Waals surface area contributed by atoms with Gasteiger partial charge in [-0.3, -0.25) is 9.69 Å². The largest absolute Gasteiger partial charge is 0.442 e. The highest BCUT2D eigenvalue weighted by molar-refractivity contribution is 5.90. The Labute approximate surface area is 154 Å². The van der Waals surface area contributed by atoms with Gasteiger partial charge in [0.2, 0.25) is 5.91 Å². The maximum Gasteiger partial charge on any atom is 0.414 e. The van der Waals surface area contributed by atoms with E-state index >= 15 is 0 Å². The van der Waals surface area contributed by atoms with Crippen LogP contribution in [0.1, 0.15) is 12.5 Å². The second-order valence-corrected chi connectivity index (χ2v) is 5.82. The third-order valence-corrected chi connectivity index (χ3v) is 3.85. The maximum atomic E-state index is 14.6. The summed E-state index contributed by atoms with van der Waals surface area (Å²) in [4.78, 5) is 28.9. The first kappa shape index (κ1) is 18.4. The van der Waals surface area contributed by atoms with Gasteiger partial charge in [-0.2, -0.15) is 5.10 Å². The lowest BCUT2D eigenvalue weighted by Gasteiger charge is -2.14. The molecule has 1 unspecified atom stereocenters. The molecule has 1 aromatic heterocycles. The topological polar surface area (TPSA) is 98.1 Å². The minimum Gasteiger partial charge on any atom is -0.442 e. The summed E-state index contributed by atoms with van der Waals surface area (Å²) < 4.78 is 21.1. The predicted octanol–water partition coefficient (Wildman–Crippen LogP) is 1.45. The first-order valence-electron chi connectivity index (χ1n) is 8.11. The lowest BCUT2D eigenvalue weighted by Crippen LogP contribution is -2.33. The number of halogens is 1. The fraction of sp³-hybridized carbons (Fsp3) is 0.294. The van der Waals surface area contributed by atoms with Crippen LogP contribution in [0, 0.1) is 5.82 Å². The fourth-order valence-corrected chi connectivity index (χ4v) is 2.59. The van der Waals surface area contributed by atoms with Crippen LogP contribution in [0.4, 0.5) is 14.9 Å². The molecule has 27 heavy (non-hydrogen) atoms. The molecule has 1 atom stereocenters. The summed E-state index contributed by atoms with van der Waals surface area (Å²) >= 11 is 0. The summed E-state index contributed by atoms with van der Waals surface area (Å²) in [6, 6.07) is 4.36. The van der Waals surface area contributed by atoms with Gasteiger partial charge in [0.15, 0.2) is 5.82 Å². The van der Waals surface area contributed by atoms with Crippen molar-refractivity contribution in [3.05, 3.63) is 42.0 Å². The fourth-order valence-electron chi connectivity index (χ4n) is 2.59. The molecule has 10 heteroatoms. The van der Waals surface area contributed by atoms with E-state index < -0.39 is 18.0 Å². The number of cyclic esters (lactones) is 1. The van der Waals surface area contributed by atoms with Gasteiger partial charge in [0, 0.05) is 18.7 Å². The van der Waals surface area contributed by atoms with Crippen LogP contribution >= 0.6 is 0 Å². The third-order valence-electron chi connectivity index (χ3n) is 3.85. The average Bonchev–Trinajstić information content (AvgIpc) is 3.24. The van der Waals surface area contributed by atoms with Gasteiger partial charge in [-0.25, -0.2) is 13.9 Å². The number of carbonyl (C=O) groups is 2. The van der Waals surface area contributed by atoms with Crippen LogP contribution in [0.25, 0.3) is 5.69 Å². The summed E-state index contributed by atoms with van der Waals surface area (Å²) in [5.41, 5.74) is 1.22. The Morgan fingerprint density at radius 3 is 3.07 bits per heavy atom. The van der Waals surface area contributed by atoms with Gasteiger partial charge in [0.1, 0.15) is 18.9 Å². The van der Waals surface area contributed by atoms with Gasteiger partial charge in [0.05, 0.1) is 31.2 Å². The summed E-state index contributed by atoms with van der Waals surface area (Å²) in [7, 11) is 1.42. The van der Waals surface area contributed by atoms with E-state index in [9.17, 15) is 14.0 Å². The minimum absolute atomic E-state index is 0.206. The zero-order valence-electron chi connectivity index (χ0n) is 14.8. The van der Waals surface area contributed by atoms with E-state index in [1.54, 1.807) is 12.3 Å². The molecule has 1 N–H and O–H groups in total. The highest BCUT2D eigenvalue weighted by Crippen LogP contribution is 2.25. The first-order chi connectivity index (χ1) is 13.0. The molecule has 3 rings (SSSR count). The molecular formula is C17H18FN5O4. The monoisotopic (exact) mass is 375 g/mol. The number of hydrogen-bond acceptors (Lipinski definition) is 6. The normalized spacial score (nSPS) is 16.6. The summed E-state index contributed by atoms with van der Waals surface area (Å²) in [6.07, 6.45) is 3.48. The molecule has 142 valence electrons. The third kappa shape index (κ3) is 4.22. The zero-order valence-corrected chi connectivity index (χ0v) is 14.8. The Balaban J connectivity index is 1.75. The van der Waals surface area contributed by atoms with E-state index in [4.69, 9.17) is 4.74 Å². The minimum atomic E-state index is -0.588. The Bertz CT molecular complexity index is 882. The van der Waals surface area contributed by atoms with E-state index in [0.717, 1.165) is 0 Å². The smallest absolute Gasteiger partial charge is 0.414 e. The summed E-state index contributed by atoms with van der Waals surface area (Å²) in [6.45, 7) is 1.80. The molecule has 0 spiro atoms. The summed E-state index contributed by atoms with van der Waals surface area (Å²) in [5.74, 6) is -0.766. The number of oxime groups is 1. The van der Waals surface area contributed by atoms with Crippen molar-refractivity contribution in [1.82, 2.24) is 15.1 Å². The van der Waals surface area contributed by atoms with Crippen LogP contribution in [-0.2, 0) is 14.4 Å². The number of rotatable bonds is 6. The molecule has 0 aliphatic carbocycles. The second-order valence-electron chi connectivity index (χ2n) is 5.82. The van der Waals surface area contributed by atoms with Gasteiger partial charge in [0.25, 0.3) is 0 Å². The van der Waals surface area contributed by atoms with E-state index in [1.165, 1.54) is 48.2 Å². The van der Waals surface area contributed by atoms with Crippen molar-refractivity contribution in [2.75, 3.05) is 25.1 Å². The van der Waals surface area contributed by atoms with Crippen LogP contribution in [0.2, 0.25) is 0 Å². The number of ether oxygens (including phenoxy) is 1. The lowest BCUT2D eigenvalue weighted by atomic mass is 10.2. The van der Waals surface area contributed by atoms with Crippen LogP contribution in [0.5, 0.6) is 0 Å². The molecule has 0 saturated carbocycles. The van der Waals surface area contributed by atoms with Crippen LogP contribution in [0.15, 0.2) is 35.7 Å². The molecule has 1 aliphatic rings. The Hall–Kier alpha value is -3.43. The van der Waals surface area contributed by atoms with Gasteiger partial charge >= 0.3 is 6.09 Å². The molecule has 9 nitrogen and oxygen atoms in total. The Morgan fingerprint density at radius 2 is 2.37 bits per heavy atom. The zero-order chi connectivity index (χ0) is 19.4. The lowest BCUT2D eigenvalue weighted by molar-refractivity contribution is -0.119. The van der Waals surface area contributed by atoms with Crippen molar-refractivity contribution in [3.8, 4) is 5.69 Å². The second kappa shape index (κ2) is 7.85. The molecule has 2 amide bonds. The van der Waals surface area contributed by atoms with Gasteiger partial charge < -0.3 is 14.9 Å². The first-order valence-corrected chi connectivity index (χ1v) is 8.11. The molecule has 0 bridgehead atoms. The molecule has 1 aromatic carbocycles. The quantitative estimate of drug-likeness (QED) is 0.609. The number of carbonyl (C=O) groups excluding carboxylic acids is 2. The van der Waals surface area contributed by atoms with Crippen molar-refractivity contribution in [2.45, 2.75) is 13.0 Å². The van der Waals surface area contributed by atoms with Gasteiger partial charge in [-0.1, -0.05) is 5.16 Å². The van der Waals surface area contributed by atoms with Crippen LogP contribution in [-0.4, -0.2) is 54.3 Å². The maximum absolute atomic E-state index is 14.6. The molecule has 1 saturated heterocycles. The van der Waals surface area contributed by atoms with E-state index in [2.05, 4.69) is 20.4 Å². The van der Waals surface area contributed by atoms with Crippen LogP contribution < -0.4 is 10.2 Å². The number of nitrogens with zero attached hydrogens (tertiary/aromatic N) is 4. The standard InChI is InChI=1S/C17H18FN5O4/c1-11(24)19-8-14-10-22(17(25)27-14)13-3-4-16(15(18)5-13)23-9-12(6-20-23)7-21-26-2/h3-7,9,14H,8,10H2,1-2H3,(H,19,24). The Morgan fingerprint density at radius 1 is 1.56 bits per heavy atom. The Kier molecular flexibility index (Phi) is 5.34. The molecular weight excluding hydrogens is 357 g/mol. The van der Waals surface area contributed by atoms with Crippen molar-refractivity contribution in [2.24, 2.45) is 5.16 Å². The molecule has 2 aromatic rings. The number of anilines is 1. The molecule has 0 radical (unpaired) electrons. The van der Waals surface area contributed by atoms with E-state index in [1.807, 2.05) is 0 Å². The van der Waals surface area contributed by atoms with Crippen molar-refractivity contribution in [1.29, 1.82) is 0 Å².